The molecule has 2 atom stereocenters. The third kappa shape index (κ3) is 3.29. The van der Waals surface area contributed by atoms with Crippen molar-refractivity contribution in [3.8, 4) is 0 Å². The van der Waals surface area contributed by atoms with Crippen molar-refractivity contribution >= 4 is 5.69 Å². The summed E-state index contributed by atoms with van der Waals surface area (Å²) in [7, 11) is 0. The number of non-ortho nitro benzene ring substituents is 1. The van der Waals surface area contributed by atoms with E-state index in [0.717, 1.165) is 18.0 Å². The second kappa shape index (κ2) is 5.96. The van der Waals surface area contributed by atoms with Crippen molar-refractivity contribution in [1.29, 1.82) is 0 Å². The second-order valence-corrected chi connectivity index (χ2v) is 5.17. The summed E-state index contributed by atoms with van der Waals surface area (Å²) in [5, 5.41) is 14.1. The Morgan fingerprint density at radius 3 is 2.56 bits per heavy atom. The lowest BCUT2D eigenvalue weighted by Gasteiger charge is -2.29. The van der Waals surface area contributed by atoms with E-state index in [4.69, 9.17) is 0 Å². The first kappa shape index (κ1) is 13.0. The van der Waals surface area contributed by atoms with E-state index in [1.54, 1.807) is 12.1 Å². The molecule has 4 nitrogen and oxygen atoms in total. The Hall–Kier alpha value is -1.42. The van der Waals surface area contributed by atoms with Crippen molar-refractivity contribution in [3.05, 3.63) is 39.9 Å². The fraction of sp³-hybridized carbons (Fsp3) is 0.571. The Bertz CT molecular complexity index is 403. The van der Waals surface area contributed by atoms with Crippen LogP contribution in [-0.2, 0) is 6.54 Å². The van der Waals surface area contributed by atoms with Crippen LogP contribution in [0.2, 0.25) is 0 Å². The van der Waals surface area contributed by atoms with Gasteiger partial charge < -0.3 is 5.32 Å². The van der Waals surface area contributed by atoms with Gasteiger partial charge in [0.1, 0.15) is 0 Å². The minimum atomic E-state index is -0.361. The van der Waals surface area contributed by atoms with Gasteiger partial charge in [-0.2, -0.15) is 0 Å². The van der Waals surface area contributed by atoms with Crippen LogP contribution in [0.25, 0.3) is 0 Å². The number of hydrogen-bond acceptors (Lipinski definition) is 3. The van der Waals surface area contributed by atoms with Crippen LogP contribution in [0.4, 0.5) is 5.69 Å². The van der Waals surface area contributed by atoms with Crippen LogP contribution in [0, 0.1) is 16.0 Å². The van der Waals surface area contributed by atoms with Gasteiger partial charge in [-0.05, 0) is 24.3 Å². The third-order valence-electron chi connectivity index (χ3n) is 3.83. The first-order valence-corrected chi connectivity index (χ1v) is 6.63. The molecular weight excluding hydrogens is 228 g/mol. The molecule has 2 rings (SSSR count). The molecule has 0 unspecified atom stereocenters. The highest BCUT2D eigenvalue weighted by atomic mass is 16.6. The number of benzene rings is 1. The van der Waals surface area contributed by atoms with Crippen molar-refractivity contribution < 1.29 is 4.92 Å². The molecule has 1 aliphatic rings. The fourth-order valence-corrected chi connectivity index (χ4v) is 2.60. The van der Waals surface area contributed by atoms with E-state index < -0.39 is 0 Å². The molecule has 0 radical (unpaired) electrons. The minimum Gasteiger partial charge on any atom is -0.310 e. The highest BCUT2D eigenvalue weighted by Gasteiger charge is 2.20. The van der Waals surface area contributed by atoms with Gasteiger partial charge >= 0.3 is 0 Å². The van der Waals surface area contributed by atoms with Gasteiger partial charge in [0.15, 0.2) is 0 Å². The molecular formula is C14H20N2O2. The summed E-state index contributed by atoms with van der Waals surface area (Å²) in [6.07, 6.45) is 5.20. The quantitative estimate of drug-likeness (QED) is 0.657. The summed E-state index contributed by atoms with van der Waals surface area (Å²) < 4.78 is 0. The third-order valence-corrected chi connectivity index (χ3v) is 3.83. The van der Waals surface area contributed by atoms with Crippen molar-refractivity contribution in [1.82, 2.24) is 5.32 Å². The van der Waals surface area contributed by atoms with Crippen LogP contribution in [-0.4, -0.2) is 11.0 Å². The predicted molar refractivity (Wildman–Crippen MR) is 71.4 cm³/mol. The van der Waals surface area contributed by atoms with Crippen LogP contribution in [0.1, 0.15) is 38.2 Å². The van der Waals surface area contributed by atoms with Gasteiger partial charge in [0.25, 0.3) is 5.69 Å². The summed E-state index contributed by atoms with van der Waals surface area (Å²) in [6.45, 7) is 3.10. The molecule has 1 aromatic carbocycles. The number of hydrogen-bond donors (Lipinski definition) is 1. The zero-order valence-electron chi connectivity index (χ0n) is 10.8. The average Bonchev–Trinajstić information content (AvgIpc) is 2.38. The first-order valence-electron chi connectivity index (χ1n) is 6.63. The summed E-state index contributed by atoms with van der Waals surface area (Å²) in [6, 6.07) is 7.40. The van der Waals surface area contributed by atoms with Crippen LogP contribution in [0.3, 0.4) is 0 Å². The maximum atomic E-state index is 10.6. The van der Waals surface area contributed by atoms with Crippen molar-refractivity contribution in [3.63, 3.8) is 0 Å². The van der Waals surface area contributed by atoms with Crippen molar-refractivity contribution in [2.45, 2.75) is 45.2 Å². The van der Waals surface area contributed by atoms with Gasteiger partial charge in [0.05, 0.1) is 4.92 Å². The van der Waals surface area contributed by atoms with Gasteiger partial charge in [0.2, 0.25) is 0 Å². The van der Waals surface area contributed by atoms with E-state index in [-0.39, 0.29) is 10.6 Å². The molecule has 1 aliphatic carbocycles. The molecule has 4 heteroatoms. The van der Waals surface area contributed by atoms with E-state index in [1.165, 1.54) is 25.7 Å². The smallest absolute Gasteiger partial charge is 0.269 e. The van der Waals surface area contributed by atoms with Gasteiger partial charge in [0, 0.05) is 24.7 Å². The molecule has 0 heterocycles. The molecule has 0 spiro atoms. The molecule has 0 bridgehead atoms. The first-order chi connectivity index (χ1) is 8.66. The largest absolute Gasteiger partial charge is 0.310 e. The molecule has 1 saturated carbocycles. The molecule has 0 aliphatic heterocycles. The lowest BCUT2D eigenvalue weighted by atomic mass is 9.86. The van der Waals surface area contributed by atoms with Crippen LogP contribution >= 0.6 is 0 Å². The highest BCUT2D eigenvalue weighted by molar-refractivity contribution is 5.32. The fourth-order valence-electron chi connectivity index (χ4n) is 2.60. The van der Waals surface area contributed by atoms with Gasteiger partial charge in [-0.3, -0.25) is 10.1 Å². The zero-order valence-corrected chi connectivity index (χ0v) is 10.8. The minimum absolute atomic E-state index is 0.157. The van der Waals surface area contributed by atoms with Crippen LogP contribution in [0.15, 0.2) is 24.3 Å². The summed E-state index contributed by atoms with van der Waals surface area (Å²) >= 11 is 0. The molecule has 0 saturated heterocycles. The molecule has 18 heavy (non-hydrogen) atoms. The lowest BCUT2D eigenvalue weighted by molar-refractivity contribution is -0.384. The number of nitrogens with one attached hydrogen (secondary N) is 1. The van der Waals surface area contributed by atoms with Gasteiger partial charge in [-0.1, -0.05) is 31.9 Å². The summed E-state index contributed by atoms with van der Waals surface area (Å²) in [5.74, 6) is 0.733. The van der Waals surface area contributed by atoms with E-state index in [9.17, 15) is 10.1 Å². The van der Waals surface area contributed by atoms with Gasteiger partial charge in [-0.15, -0.1) is 0 Å². The Morgan fingerprint density at radius 2 is 1.94 bits per heavy atom. The normalized spacial score (nSPS) is 23.8. The highest BCUT2D eigenvalue weighted by Crippen LogP contribution is 2.24. The second-order valence-electron chi connectivity index (χ2n) is 5.17. The molecule has 1 aromatic rings. The van der Waals surface area contributed by atoms with Crippen LogP contribution in [0.5, 0.6) is 0 Å². The Kier molecular flexibility index (Phi) is 4.31. The van der Waals surface area contributed by atoms with E-state index in [1.807, 2.05) is 12.1 Å². The van der Waals surface area contributed by atoms with E-state index >= 15 is 0 Å². The van der Waals surface area contributed by atoms with E-state index in [0.29, 0.717) is 6.04 Å². The molecule has 1 fully saturated rings. The number of nitro groups is 1. The standard InChI is InChI=1S/C14H20N2O2/c1-11-4-2-3-5-14(11)15-10-12-6-8-13(9-7-12)16(17)18/h6-9,11,14-15H,2-5,10H2,1H3/t11-,14-/m0/s1. The topological polar surface area (TPSA) is 55.2 Å². The predicted octanol–water partition coefficient (Wildman–Crippen LogP) is 3.26. The Morgan fingerprint density at radius 1 is 1.28 bits per heavy atom. The van der Waals surface area contributed by atoms with E-state index in [2.05, 4.69) is 12.2 Å². The maximum absolute atomic E-state index is 10.6. The average molecular weight is 248 g/mol. The monoisotopic (exact) mass is 248 g/mol. The lowest BCUT2D eigenvalue weighted by Crippen LogP contribution is -2.36. The number of rotatable bonds is 4. The molecule has 1 N–H and O–H groups in total. The maximum Gasteiger partial charge on any atom is 0.269 e. The van der Waals surface area contributed by atoms with Gasteiger partial charge in [-0.25, -0.2) is 0 Å². The number of nitrogens with zero attached hydrogens (tertiary/aromatic N) is 1. The van der Waals surface area contributed by atoms with Crippen molar-refractivity contribution in [2.75, 3.05) is 0 Å². The molecule has 0 amide bonds. The summed E-state index contributed by atoms with van der Waals surface area (Å²) in [4.78, 5) is 10.2. The summed E-state index contributed by atoms with van der Waals surface area (Å²) in [5.41, 5.74) is 1.27. The zero-order chi connectivity index (χ0) is 13.0. The SMILES string of the molecule is C[C@H]1CCCC[C@@H]1NCc1ccc([N+](=O)[O-])cc1. The molecule has 0 aromatic heterocycles. The Labute approximate surface area is 108 Å². The number of nitro benzene ring substituents is 1. The van der Waals surface area contributed by atoms with Crippen LogP contribution < -0.4 is 5.32 Å². The molecule has 98 valence electrons. The Balaban J connectivity index is 1.87. The van der Waals surface area contributed by atoms with Crippen molar-refractivity contribution in [2.24, 2.45) is 5.92 Å².